The molecule has 7 nitrogen and oxygen atoms in total. The Morgan fingerprint density at radius 1 is 0.971 bits per heavy atom. The third-order valence-corrected chi connectivity index (χ3v) is 7.70. The molecule has 176 valence electrons. The molecule has 8 heteroatoms. The second-order valence-electron chi connectivity index (χ2n) is 8.06. The van der Waals surface area contributed by atoms with E-state index in [0.717, 1.165) is 35.5 Å². The molecule has 3 aromatic carbocycles. The monoisotopic (exact) mass is 479 g/mol. The predicted molar refractivity (Wildman–Crippen MR) is 128 cm³/mol. The van der Waals surface area contributed by atoms with E-state index in [4.69, 9.17) is 9.47 Å². The Morgan fingerprint density at radius 2 is 1.71 bits per heavy atom. The Morgan fingerprint density at radius 3 is 2.41 bits per heavy atom. The quantitative estimate of drug-likeness (QED) is 0.519. The summed E-state index contributed by atoms with van der Waals surface area (Å²) in [6.07, 6.45) is 1.48. The first kappa shape index (κ1) is 23.5. The molecule has 4 rings (SSSR count). The van der Waals surface area contributed by atoms with Crippen molar-refractivity contribution in [2.45, 2.75) is 17.7 Å². The molecular weight excluding hydrogens is 454 g/mol. The standard InChI is InChI=1S/C26H25NO6S/c1-32-20-13-14-23(33-2)18(15-20)10-7-17-8-11-19(12-9-17)27-26(29)22-16-34(30,31)24-6-4-3-5-21(24)25(22)28/h3-6,8-9,11-15,22H,7,10,16H2,1-2H3,(H,27,29). The van der Waals surface area contributed by atoms with Gasteiger partial charge in [0.15, 0.2) is 15.6 Å². The van der Waals surface area contributed by atoms with Crippen LogP contribution in [0.4, 0.5) is 5.69 Å². The summed E-state index contributed by atoms with van der Waals surface area (Å²) >= 11 is 0. The van der Waals surface area contributed by atoms with Crippen LogP contribution in [0.3, 0.4) is 0 Å². The average Bonchev–Trinajstić information content (AvgIpc) is 2.85. The van der Waals surface area contributed by atoms with Gasteiger partial charge in [0.05, 0.1) is 24.9 Å². The van der Waals surface area contributed by atoms with Crippen molar-refractivity contribution in [2.24, 2.45) is 5.92 Å². The van der Waals surface area contributed by atoms with E-state index in [1.165, 1.54) is 12.1 Å². The number of benzene rings is 3. The first-order valence-corrected chi connectivity index (χ1v) is 12.4. The number of hydrogen-bond donors (Lipinski definition) is 1. The van der Waals surface area contributed by atoms with Crippen molar-refractivity contribution in [3.05, 3.63) is 83.4 Å². The molecule has 34 heavy (non-hydrogen) atoms. The molecule has 0 radical (unpaired) electrons. The zero-order valence-electron chi connectivity index (χ0n) is 18.9. The van der Waals surface area contributed by atoms with E-state index in [1.54, 1.807) is 38.5 Å². The molecule has 1 heterocycles. The Kier molecular flexibility index (Phi) is 6.70. The van der Waals surface area contributed by atoms with Crippen LogP contribution in [-0.2, 0) is 27.5 Å². The fourth-order valence-corrected chi connectivity index (χ4v) is 5.76. The number of methoxy groups -OCH3 is 2. The number of fused-ring (bicyclic) bond motifs is 1. The van der Waals surface area contributed by atoms with Crippen LogP contribution in [0.15, 0.2) is 71.6 Å². The van der Waals surface area contributed by atoms with E-state index in [1.807, 2.05) is 30.3 Å². The van der Waals surface area contributed by atoms with E-state index >= 15 is 0 Å². The normalized spacial score (nSPS) is 16.4. The van der Waals surface area contributed by atoms with Gasteiger partial charge in [-0.05, 0) is 60.4 Å². The summed E-state index contributed by atoms with van der Waals surface area (Å²) in [6.45, 7) is 0. The summed E-state index contributed by atoms with van der Waals surface area (Å²) in [4.78, 5) is 25.5. The average molecular weight is 480 g/mol. The topological polar surface area (TPSA) is 98.8 Å². The lowest BCUT2D eigenvalue weighted by Gasteiger charge is -2.22. The lowest BCUT2D eigenvalue weighted by molar-refractivity contribution is -0.118. The van der Waals surface area contributed by atoms with Crippen molar-refractivity contribution in [3.63, 3.8) is 0 Å². The molecule has 0 spiro atoms. The number of amides is 1. The molecule has 1 atom stereocenters. The molecule has 0 saturated carbocycles. The maximum atomic E-state index is 12.8. The molecule has 0 aliphatic carbocycles. The summed E-state index contributed by atoms with van der Waals surface area (Å²) < 4.78 is 35.8. The van der Waals surface area contributed by atoms with Crippen molar-refractivity contribution < 1.29 is 27.5 Å². The molecule has 1 N–H and O–H groups in total. The number of carbonyl (C=O) groups is 2. The van der Waals surface area contributed by atoms with E-state index in [-0.39, 0.29) is 10.5 Å². The van der Waals surface area contributed by atoms with Gasteiger partial charge in [0, 0.05) is 11.3 Å². The van der Waals surface area contributed by atoms with Gasteiger partial charge in [0.1, 0.15) is 17.4 Å². The van der Waals surface area contributed by atoms with Crippen LogP contribution in [0.2, 0.25) is 0 Å². The van der Waals surface area contributed by atoms with Crippen molar-refractivity contribution >= 4 is 27.2 Å². The van der Waals surface area contributed by atoms with Crippen molar-refractivity contribution in [3.8, 4) is 11.5 Å². The second kappa shape index (κ2) is 9.69. The van der Waals surface area contributed by atoms with Crippen LogP contribution in [0.25, 0.3) is 0 Å². The smallest absolute Gasteiger partial charge is 0.236 e. The van der Waals surface area contributed by atoms with E-state index < -0.39 is 33.2 Å². The number of aryl methyl sites for hydroxylation is 2. The Hall–Kier alpha value is -3.65. The molecule has 0 aromatic heterocycles. The summed E-state index contributed by atoms with van der Waals surface area (Å²) in [6, 6.07) is 18.9. The van der Waals surface area contributed by atoms with Gasteiger partial charge in [-0.25, -0.2) is 8.42 Å². The van der Waals surface area contributed by atoms with Crippen molar-refractivity contribution in [1.29, 1.82) is 0 Å². The highest BCUT2D eigenvalue weighted by Crippen LogP contribution is 2.29. The lowest BCUT2D eigenvalue weighted by Crippen LogP contribution is -2.39. The minimum atomic E-state index is -3.71. The fraction of sp³-hybridized carbons (Fsp3) is 0.231. The van der Waals surface area contributed by atoms with Gasteiger partial charge in [-0.3, -0.25) is 9.59 Å². The summed E-state index contributed by atoms with van der Waals surface area (Å²) in [5.41, 5.74) is 2.64. The number of carbonyl (C=O) groups excluding carboxylic acids is 2. The lowest BCUT2D eigenvalue weighted by atomic mass is 9.97. The van der Waals surface area contributed by atoms with Crippen molar-refractivity contribution in [2.75, 3.05) is 25.3 Å². The Labute approximate surface area is 198 Å². The number of nitrogens with one attached hydrogen (secondary N) is 1. The van der Waals surface area contributed by atoms with Crippen LogP contribution in [0, 0.1) is 5.92 Å². The molecule has 1 aliphatic rings. The number of Topliss-reactive ketones (excluding diaryl/α,β-unsaturated/α-hetero) is 1. The number of ketones is 1. The number of ether oxygens (including phenoxy) is 2. The minimum Gasteiger partial charge on any atom is -0.497 e. The van der Waals surface area contributed by atoms with Crippen LogP contribution >= 0.6 is 0 Å². The van der Waals surface area contributed by atoms with Gasteiger partial charge in [-0.2, -0.15) is 0 Å². The molecule has 0 saturated heterocycles. The molecule has 1 aliphatic heterocycles. The van der Waals surface area contributed by atoms with Gasteiger partial charge >= 0.3 is 0 Å². The molecule has 1 unspecified atom stereocenters. The molecule has 1 amide bonds. The molecular formula is C26H25NO6S. The second-order valence-corrected chi connectivity index (χ2v) is 10.1. The van der Waals surface area contributed by atoms with Gasteiger partial charge in [0.2, 0.25) is 5.91 Å². The maximum absolute atomic E-state index is 12.8. The van der Waals surface area contributed by atoms with E-state index in [2.05, 4.69) is 5.32 Å². The molecule has 0 fully saturated rings. The zero-order valence-corrected chi connectivity index (χ0v) is 19.7. The summed E-state index contributed by atoms with van der Waals surface area (Å²) in [7, 11) is -0.466. The van der Waals surface area contributed by atoms with Gasteiger partial charge in [-0.15, -0.1) is 0 Å². The highest BCUT2D eigenvalue weighted by Gasteiger charge is 2.40. The van der Waals surface area contributed by atoms with Crippen LogP contribution in [-0.4, -0.2) is 40.1 Å². The third kappa shape index (κ3) is 4.82. The first-order chi connectivity index (χ1) is 16.3. The largest absolute Gasteiger partial charge is 0.497 e. The van der Waals surface area contributed by atoms with Crippen LogP contribution < -0.4 is 14.8 Å². The maximum Gasteiger partial charge on any atom is 0.236 e. The number of hydrogen-bond acceptors (Lipinski definition) is 6. The Balaban J connectivity index is 1.42. The highest BCUT2D eigenvalue weighted by molar-refractivity contribution is 7.91. The highest BCUT2D eigenvalue weighted by atomic mass is 32.2. The number of anilines is 1. The van der Waals surface area contributed by atoms with E-state index in [9.17, 15) is 18.0 Å². The fourth-order valence-electron chi connectivity index (χ4n) is 4.05. The minimum absolute atomic E-state index is 0.0129. The van der Waals surface area contributed by atoms with Crippen LogP contribution in [0.1, 0.15) is 21.5 Å². The molecule has 3 aromatic rings. The third-order valence-electron chi connectivity index (χ3n) is 5.90. The summed E-state index contributed by atoms with van der Waals surface area (Å²) in [5, 5.41) is 2.68. The first-order valence-electron chi connectivity index (χ1n) is 10.8. The van der Waals surface area contributed by atoms with Gasteiger partial charge < -0.3 is 14.8 Å². The SMILES string of the molecule is COc1ccc(OC)c(CCc2ccc(NC(=O)C3CS(=O)(=O)c4ccccc4C3=O)cc2)c1. The zero-order chi connectivity index (χ0) is 24.3. The van der Waals surface area contributed by atoms with Crippen LogP contribution in [0.5, 0.6) is 11.5 Å². The number of rotatable bonds is 7. The number of sulfone groups is 1. The molecule has 0 bridgehead atoms. The predicted octanol–water partition coefficient (Wildman–Crippen LogP) is 3.71. The summed E-state index contributed by atoms with van der Waals surface area (Å²) in [5.74, 6) is -1.37. The van der Waals surface area contributed by atoms with E-state index in [0.29, 0.717) is 5.69 Å². The Bertz CT molecular complexity index is 1330. The van der Waals surface area contributed by atoms with Gasteiger partial charge in [-0.1, -0.05) is 30.3 Å². The van der Waals surface area contributed by atoms with Crippen molar-refractivity contribution in [1.82, 2.24) is 0 Å². The van der Waals surface area contributed by atoms with Gasteiger partial charge in [0.25, 0.3) is 0 Å².